The van der Waals surface area contributed by atoms with Gasteiger partial charge in [-0.3, -0.25) is 14.2 Å². The van der Waals surface area contributed by atoms with Crippen LogP contribution in [0.3, 0.4) is 0 Å². The molecule has 4 rings (SSSR count). The van der Waals surface area contributed by atoms with Gasteiger partial charge >= 0.3 is 0 Å². The molecule has 0 unspecified atom stereocenters. The van der Waals surface area contributed by atoms with Crippen molar-refractivity contribution in [3.63, 3.8) is 0 Å². The zero-order valence-corrected chi connectivity index (χ0v) is 15.0. The van der Waals surface area contributed by atoms with Gasteiger partial charge in [0.2, 0.25) is 5.91 Å². The largest absolute Gasteiger partial charge is 0.370 e. The summed E-state index contributed by atoms with van der Waals surface area (Å²) in [5.74, 6) is 0.336. The van der Waals surface area contributed by atoms with Crippen LogP contribution in [0.2, 0.25) is 0 Å². The van der Waals surface area contributed by atoms with Gasteiger partial charge < -0.3 is 10.2 Å². The summed E-state index contributed by atoms with van der Waals surface area (Å²) in [5.41, 5.74) is 1.60. The first-order chi connectivity index (χ1) is 13.2. The van der Waals surface area contributed by atoms with Crippen LogP contribution in [0.1, 0.15) is 19.3 Å². The summed E-state index contributed by atoms with van der Waals surface area (Å²) >= 11 is 0. The molecule has 27 heavy (non-hydrogen) atoms. The highest BCUT2D eigenvalue weighted by molar-refractivity contribution is 5.89. The van der Waals surface area contributed by atoms with Crippen molar-refractivity contribution in [1.29, 1.82) is 0 Å². The fraction of sp³-hybridized carbons (Fsp3) is 0.300. The topological polar surface area (TPSA) is 80.1 Å². The van der Waals surface area contributed by atoms with E-state index in [1.54, 1.807) is 24.4 Å². The van der Waals surface area contributed by atoms with E-state index in [9.17, 15) is 9.59 Å². The van der Waals surface area contributed by atoms with Crippen molar-refractivity contribution in [1.82, 2.24) is 14.5 Å². The number of carbonyl (C=O) groups excluding carboxylic acids is 1. The zero-order chi connectivity index (χ0) is 18.6. The minimum atomic E-state index is -0.184. The second kappa shape index (κ2) is 7.57. The number of rotatable bonds is 5. The molecule has 1 fully saturated rings. The van der Waals surface area contributed by atoms with Crippen LogP contribution in [0.15, 0.2) is 53.7 Å². The third kappa shape index (κ3) is 3.81. The summed E-state index contributed by atoms with van der Waals surface area (Å²) in [4.78, 5) is 35.5. The van der Waals surface area contributed by atoms with Crippen LogP contribution in [0, 0.1) is 0 Å². The summed E-state index contributed by atoms with van der Waals surface area (Å²) in [7, 11) is 0. The lowest BCUT2D eigenvalue weighted by molar-refractivity contribution is -0.116. The number of hydrogen-bond donors (Lipinski definition) is 1. The first-order valence-electron chi connectivity index (χ1n) is 9.16. The number of pyridine rings is 1. The molecule has 0 aliphatic carbocycles. The molecule has 1 amide bonds. The summed E-state index contributed by atoms with van der Waals surface area (Å²) in [6, 6.07) is 11.0. The number of hydrogen-bond acceptors (Lipinski definition) is 5. The highest BCUT2D eigenvalue weighted by atomic mass is 16.2. The Morgan fingerprint density at radius 2 is 1.89 bits per heavy atom. The quantitative estimate of drug-likeness (QED) is 0.753. The van der Waals surface area contributed by atoms with Crippen LogP contribution in [-0.2, 0) is 11.3 Å². The Hall–Kier alpha value is -3.22. The molecule has 1 aromatic carbocycles. The fourth-order valence-corrected chi connectivity index (χ4v) is 3.32. The molecule has 1 N–H and O–H groups in total. The molecule has 0 spiro atoms. The SMILES string of the molecule is O=C(CCn1cnc2ccccc2c1=O)Nc1ccc(N2CCCC2)cn1. The first-order valence-corrected chi connectivity index (χ1v) is 9.16. The summed E-state index contributed by atoms with van der Waals surface area (Å²) in [6.07, 6.45) is 5.87. The maximum absolute atomic E-state index is 12.4. The lowest BCUT2D eigenvalue weighted by Gasteiger charge is -2.17. The van der Waals surface area contributed by atoms with Crippen LogP contribution in [0.4, 0.5) is 11.5 Å². The minimum Gasteiger partial charge on any atom is -0.370 e. The van der Waals surface area contributed by atoms with E-state index >= 15 is 0 Å². The van der Waals surface area contributed by atoms with Crippen LogP contribution >= 0.6 is 0 Å². The lowest BCUT2D eigenvalue weighted by Crippen LogP contribution is -2.24. The molecule has 1 aliphatic rings. The predicted molar refractivity (Wildman–Crippen MR) is 105 cm³/mol. The molecule has 2 aromatic heterocycles. The maximum atomic E-state index is 12.4. The van der Waals surface area contributed by atoms with E-state index in [0.29, 0.717) is 16.7 Å². The number of para-hydroxylation sites is 1. The molecule has 1 aliphatic heterocycles. The third-order valence-corrected chi connectivity index (χ3v) is 4.80. The van der Waals surface area contributed by atoms with Crippen molar-refractivity contribution in [2.24, 2.45) is 0 Å². The third-order valence-electron chi connectivity index (χ3n) is 4.80. The Bertz CT molecular complexity index is 1010. The van der Waals surface area contributed by atoms with Gasteiger partial charge in [-0.1, -0.05) is 12.1 Å². The minimum absolute atomic E-state index is 0.138. The molecule has 7 heteroatoms. The van der Waals surface area contributed by atoms with Crippen molar-refractivity contribution in [2.75, 3.05) is 23.3 Å². The molecule has 0 saturated carbocycles. The Balaban J connectivity index is 1.37. The Morgan fingerprint density at radius 1 is 1.07 bits per heavy atom. The average Bonchev–Trinajstić information content (AvgIpc) is 3.23. The Morgan fingerprint density at radius 3 is 2.67 bits per heavy atom. The molecule has 138 valence electrons. The predicted octanol–water partition coefficient (Wildman–Crippen LogP) is 2.42. The number of carbonyl (C=O) groups is 1. The van der Waals surface area contributed by atoms with Gasteiger partial charge in [0.25, 0.3) is 5.56 Å². The van der Waals surface area contributed by atoms with Gasteiger partial charge in [-0.05, 0) is 37.1 Å². The summed E-state index contributed by atoms with van der Waals surface area (Å²) in [5, 5.41) is 3.34. The van der Waals surface area contributed by atoms with Crippen LogP contribution in [-0.4, -0.2) is 33.5 Å². The van der Waals surface area contributed by atoms with Crippen LogP contribution in [0.5, 0.6) is 0 Å². The number of nitrogens with zero attached hydrogens (tertiary/aromatic N) is 4. The highest BCUT2D eigenvalue weighted by Gasteiger charge is 2.13. The number of benzene rings is 1. The lowest BCUT2D eigenvalue weighted by atomic mass is 10.2. The number of anilines is 2. The van der Waals surface area contributed by atoms with Crippen molar-refractivity contribution in [3.05, 3.63) is 59.3 Å². The van der Waals surface area contributed by atoms with Gasteiger partial charge in [0.1, 0.15) is 5.82 Å². The first kappa shape index (κ1) is 17.2. The molecule has 7 nitrogen and oxygen atoms in total. The summed E-state index contributed by atoms with van der Waals surface area (Å²) in [6.45, 7) is 2.39. The van der Waals surface area contributed by atoms with E-state index in [2.05, 4.69) is 20.2 Å². The number of aromatic nitrogens is 3. The van der Waals surface area contributed by atoms with Crippen LogP contribution in [0.25, 0.3) is 10.9 Å². The normalized spacial score (nSPS) is 13.9. The number of fused-ring (bicyclic) bond motifs is 1. The van der Waals surface area contributed by atoms with Gasteiger partial charge in [-0.2, -0.15) is 0 Å². The monoisotopic (exact) mass is 363 g/mol. The van der Waals surface area contributed by atoms with Gasteiger partial charge in [0.05, 0.1) is 29.1 Å². The van der Waals surface area contributed by atoms with Gasteiger partial charge in [0, 0.05) is 26.1 Å². The smallest absolute Gasteiger partial charge is 0.261 e. The van der Waals surface area contributed by atoms with Crippen molar-refractivity contribution >= 4 is 28.3 Å². The number of aryl methyl sites for hydroxylation is 1. The van der Waals surface area contributed by atoms with E-state index in [1.807, 2.05) is 18.2 Å². The van der Waals surface area contributed by atoms with Crippen LogP contribution < -0.4 is 15.8 Å². The Labute approximate surface area is 156 Å². The molecular weight excluding hydrogens is 342 g/mol. The standard InChI is InChI=1S/C20H21N5O2/c26-19(23-18-8-7-15(13-21-18)24-10-3-4-11-24)9-12-25-14-22-17-6-2-1-5-16(17)20(25)27/h1-2,5-8,13-14H,3-4,9-12H2,(H,21,23,26). The second-order valence-electron chi connectivity index (χ2n) is 6.65. The van der Waals surface area contributed by atoms with Gasteiger partial charge in [-0.25, -0.2) is 9.97 Å². The van der Waals surface area contributed by atoms with Crippen molar-refractivity contribution in [2.45, 2.75) is 25.8 Å². The maximum Gasteiger partial charge on any atom is 0.261 e. The fourth-order valence-electron chi connectivity index (χ4n) is 3.32. The number of amides is 1. The van der Waals surface area contributed by atoms with E-state index in [4.69, 9.17) is 0 Å². The Kier molecular flexibility index (Phi) is 4.82. The number of nitrogens with one attached hydrogen (secondary N) is 1. The molecule has 3 heterocycles. The van der Waals surface area contributed by atoms with E-state index in [1.165, 1.54) is 23.7 Å². The zero-order valence-electron chi connectivity index (χ0n) is 15.0. The highest BCUT2D eigenvalue weighted by Crippen LogP contribution is 2.20. The molecule has 0 radical (unpaired) electrons. The van der Waals surface area contributed by atoms with Gasteiger partial charge in [-0.15, -0.1) is 0 Å². The molecule has 1 saturated heterocycles. The van der Waals surface area contributed by atoms with Crippen molar-refractivity contribution < 1.29 is 4.79 Å². The van der Waals surface area contributed by atoms with E-state index < -0.39 is 0 Å². The van der Waals surface area contributed by atoms with Crippen molar-refractivity contribution in [3.8, 4) is 0 Å². The summed E-state index contributed by atoms with van der Waals surface area (Å²) < 4.78 is 1.46. The molecule has 3 aromatic rings. The van der Waals surface area contributed by atoms with E-state index in [0.717, 1.165) is 18.8 Å². The van der Waals surface area contributed by atoms with E-state index in [-0.39, 0.29) is 24.4 Å². The molecule has 0 atom stereocenters. The second-order valence-corrected chi connectivity index (χ2v) is 6.65. The molecular formula is C20H21N5O2. The average molecular weight is 363 g/mol. The van der Waals surface area contributed by atoms with Gasteiger partial charge in [0.15, 0.2) is 0 Å². The molecule has 0 bridgehead atoms.